The van der Waals surface area contributed by atoms with Gasteiger partial charge in [0.1, 0.15) is 6.26 Å². The monoisotopic (exact) mass is 369 g/mol. The molecule has 0 atom stereocenters. The molecule has 10 nitrogen and oxygen atoms in total. The van der Waals surface area contributed by atoms with E-state index < -0.39 is 11.9 Å². The number of amides is 2. The van der Waals surface area contributed by atoms with Crippen LogP contribution in [0.2, 0.25) is 0 Å². The van der Waals surface area contributed by atoms with Crippen molar-refractivity contribution in [1.29, 1.82) is 0 Å². The van der Waals surface area contributed by atoms with Gasteiger partial charge < -0.3 is 34.7 Å². The Labute approximate surface area is 168 Å². The van der Waals surface area contributed by atoms with Crippen LogP contribution in [0.4, 0.5) is 0 Å². The van der Waals surface area contributed by atoms with E-state index in [1.54, 1.807) is 13.8 Å². The van der Waals surface area contributed by atoms with Crippen molar-refractivity contribution in [3.8, 4) is 0 Å². The van der Waals surface area contributed by atoms with Crippen LogP contribution in [0.3, 0.4) is 0 Å². The summed E-state index contributed by atoms with van der Waals surface area (Å²) in [6.07, 6.45) is 1.37. The Bertz CT molecular complexity index is 468. The Hall–Kier alpha value is -1.88. The molecule has 0 heterocycles. The van der Waals surface area contributed by atoms with Crippen LogP contribution >= 0.6 is 0 Å². The number of likely N-dealkylation sites (N-methyl/N-ethyl adjacent to an activating group) is 2. The minimum atomic E-state index is -0.727. The van der Waals surface area contributed by atoms with E-state index in [9.17, 15) is 19.2 Å². The van der Waals surface area contributed by atoms with E-state index in [2.05, 4.69) is 9.47 Å². The van der Waals surface area contributed by atoms with Gasteiger partial charge in [0.25, 0.3) is 0 Å². The standard InChI is InChI=1S/C7H11NO4.C7H10NO3.Na.H2O/c1-3-12-7(11)6(4-9)8(2)5-10;1-4-11-7(10)6(2)8(3)5-9;;/h4-5,9H,3H2,1-2H3;2,5H,4H2,1,3H3;;1H2/q;-1;+1;/p-1/b6-4+;;;. The Morgan fingerprint density at radius 3 is 1.72 bits per heavy atom. The van der Waals surface area contributed by atoms with Gasteiger partial charge in [-0.15, -0.1) is 0 Å². The molecule has 0 aliphatic heterocycles. The molecule has 0 bridgehead atoms. The van der Waals surface area contributed by atoms with Crippen molar-refractivity contribution in [3.05, 3.63) is 24.2 Å². The second-order valence-corrected chi connectivity index (χ2v) is 3.77. The third-order valence-electron chi connectivity index (χ3n) is 2.17. The predicted octanol–water partition coefficient (Wildman–Crippen LogP) is -3.18. The van der Waals surface area contributed by atoms with E-state index in [4.69, 9.17) is 11.7 Å². The molecule has 0 fully saturated rings. The summed E-state index contributed by atoms with van der Waals surface area (Å²) in [4.78, 5) is 43.8. The summed E-state index contributed by atoms with van der Waals surface area (Å²) in [6, 6.07) is 0. The minimum Gasteiger partial charge on any atom is -0.870 e. The van der Waals surface area contributed by atoms with Crippen LogP contribution in [-0.4, -0.2) is 72.5 Å². The molecule has 0 saturated heterocycles. The summed E-state index contributed by atoms with van der Waals surface area (Å²) in [7, 11) is 2.71. The van der Waals surface area contributed by atoms with Gasteiger partial charge in [-0.2, -0.15) is 0 Å². The summed E-state index contributed by atoms with van der Waals surface area (Å²) < 4.78 is 9.08. The van der Waals surface area contributed by atoms with Gasteiger partial charge in [-0.25, -0.2) is 4.79 Å². The van der Waals surface area contributed by atoms with Crippen molar-refractivity contribution in [2.24, 2.45) is 0 Å². The van der Waals surface area contributed by atoms with Gasteiger partial charge >= 0.3 is 35.5 Å². The fourth-order valence-electron chi connectivity index (χ4n) is 0.955. The number of aliphatic hydroxyl groups excluding tert-OH is 1. The average molecular weight is 369 g/mol. The van der Waals surface area contributed by atoms with E-state index in [1.807, 2.05) is 0 Å². The molecule has 25 heavy (non-hydrogen) atoms. The number of carbonyl (C=O) groups is 4. The van der Waals surface area contributed by atoms with Crippen LogP contribution in [0.25, 0.3) is 0 Å². The number of rotatable bonds is 8. The van der Waals surface area contributed by atoms with Crippen LogP contribution in [0.5, 0.6) is 0 Å². The van der Waals surface area contributed by atoms with E-state index >= 15 is 0 Å². The predicted molar refractivity (Wildman–Crippen MR) is 81.4 cm³/mol. The zero-order valence-corrected chi connectivity index (χ0v) is 17.0. The van der Waals surface area contributed by atoms with Gasteiger partial charge in [-0.3, -0.25) is 16.2 Å². The number of esters is 2. The fourth-order valence-corrected chi connectivity index (χ4v) is 0.955. The van der Waals surface area contributed by atoms with E-state index in [1.165, 1.54) is 14.1 Å². The van der Waals surface area contributed by atoms with Crippen LogP contribution < -0.4 is 29.6 Å². The number of nitrogens with zero attached hydrogens (tertiary/aromatic N) is 2. The molecule has 2 N–H and O–H groups in total. The SMILES string of the molecule is CCOC(=O)/C(=C\O)N(C)C=O.[CH-]=C(C(=O)OCC)N(C)C=O.[Na+].[OH-]. The molecule has 11 heteroatoms. The molecular formula is C14H22N2NaO8-. The van der Waals surface area contributed by atoms with Crippen molar-refractivity contribution in [1.82, 2.24) is 9.80 Å². The first-order valence-corrected chi connectivity index (χ1v) is 6.47. The van der Waals surface area contributed by atoms with Gasteiger partial charge in [0.05, 0.1) is 13.2 Å². The number of hydrogen-bond acceptors (Lipinski definition) is 8. The molecule has 0 unspecified atom stereocenters. The molecule has 0 spiro atoms. The molecule has 0 aromatic heterocycles. The zero-order chi connectivity index (χ0) is 18.4. The number of ether oxygens (including phenoxy) is 2. The molecule has 0 aliphatic rings. The average Bonchev–Trinajstić information content (AvgIpc) is 2.54. The molecular weight excluding hydrogens is 347 g/mol. The normalized spacial score (nSPS) is 8.88. The summed E-state index contributed by atoms with van der Waals surface area (Å²) in [5, 5.41) is 8.56. The molecule has 0 aliphatic carbocycles. The molecule has 2 amide bonds. The Morgan fingerprint density at radius 1 is 1.00 bits per heavy atom. The van der Waals surface area contributed by atoms with E-state index in [0.717, 1.165) is 9.80 Å². The Balaban J connectivity index is -0.000000164. The van der Waals surface area contributed by atoms with E-state index in [0.29, 0.717) is 19.1 Å². The van der Waals surface area contributed by atoms with Gasteiger partial charge in [0.15, 0.2) is 11.7 Å². The second-order valence-electron chi connectivity index (χ2n) is 3.77. The first kappa shape index (κ1) is 30.9. The molecule has 0 aromatic carbocycles. The number of carbonyl (C=O) groups excluding carboxylic acids is 4. The molecule has 0 saturated carbocycles. The maximum Gasteiger partial charge on any atom is 1.00 e. The first-order chi connectivity index (χ1) is 10.8. The molecule has 0 rings (SSSR count). The topological polar surface area (TPSA) is 143 Å². The third kappa shape index (κ3) is 13.1. The second kappa shape index (κ2) is 18.5. The van der Waals surface area contributed by atoms with Crippen molar-refractivity contribution in [2.45, 2.75) is 13.8 Å². The van der Waals surface area contributed by atoms with Crippen LogP contribution in [0.15, 0.2) is 17.7 Å². The van der Waals surface area contributed by atoms with E-state index in [-0.39, 0.29) is 59.6 Å². The van der Waals surface area contributed by atoms with Crippen molar-refractivity contribution in [2.75, 3.05) is 27.3 Å². The first-order valence-electron chi connectivity index (χ1n) is 6.47. The Morgan fingerprint density at radius 2 is 1.40 bits per heavy atom. The molecule has 0 radical (unpaired) electrons. The summed E-state index contributed by atoms with van der Waals surface area (Å²) in [5.41, 5.74) is -0.395. The van der Waals surface area contributed by atoms with Gasteiger partial charge in [0, 0.05) is 14.1 Å². The summed E-state index contributed by atoms with van der Waals surface area (Å²) in [5.74, 6) is -1.41. The summed E-state index contributed by atoms with van der Waals surface area (Å²) in [6.45, 7) is 8.93. The largest absolute Gasteiger partial charge is 1.00 e. The number of hydrogen-bond donors (Lipinski definition) is 1. The maximum atomic E-state index is 10.9. The van der Waals surface area contributed by atoms with Gasteiger partial charge in [-0.05, 0) is 13.8 Å². The van der Waals surface area contributed by atoms with Crippen LogP contribution in [0.1, 0.15) is 13.8 Å². The zero-order valence-electron chi connectivity index (χ0n) is 15.0. The van der Waals surface area contributed by atoms with Crippen molar-refractivity contribution >= 4 is 24.8 Å². The number of aliphatic hydroxyl groups is 1. The van der Waals surface area contributed by atoms with Gasteiger partial charge in [-0.1, -0.05) is 5.70 Å². The fraction of sp³-hybridized carbons (Fsp3) is 0.429. The maximum absolute atomic E-state index is 10.9. The molecule has 0 aromatic rings. The molecule has 138 valence electrons. The van der Waals surface area contributed by atoms with Crippen molar-refractivity contribution in [3.63, 3.8) is 0 Å². The third-order valence-corrected chi connectivity index (χ3v) is 2.17. The smallest absolute Gasteiger partial charge is 0.870 e. The minimum absolute atomic E-state index is 0. The van der Waals surface area contributed by atoms with Crippen molar-refractivity contribution < 1.29 is 68.8 Å². The van der Waals surface area contributed by atoms with Crippen LogP contribution in [-0.2, 0) is 28.7 Å². The quantitative estimate of drug-likeness (QED) is 0.118. The van der Waals surface area contributed by atoms with Crippen LogP contribution in [0, 0.1) is 6.58 Å². The van der Waals surface area contributed by atoms with Gasteiger partial charge in [0.2, 0.25) is 12.8 Å². The summed E-state index contributed by atoms with van der Waals surface area (Å²) >= 11 is 0. The Kier molecular flexibility index (Phi) is 22.8.